The lowest BCUT2D eigenvalue weighted by molar-refractivity contribution is 0.0487. The summed E-state index contributed by atoms with van der Waals surface area (Å²) < 4.78 is 7.88. The van der Waals surface area contributed by atoms with Gasteiger partial charge in [-0.2, -0.15) is 0 Å². The molecule has 142 valence electrons. The van der Waals surface area contributed by atoms with Crippen LogP contribution in [-0.4, -0.2) is 27.3 Å². The lowest BCUT2D eigenvalue weighted by Gasteiger charge is -2.30. The van der Waals surface area contributed by atoms with E-state index in [1.54, 1.807) is 5.38 Å². The molecule has 0 radical (unpaired) electrons. The van der Waals surface area contributed by atoms with Crippen molar-refractivity contribution < 1.29 is 9.53 Å². The first-order valence-electron chi connectivity index (χ1n) is 8.57. The number of ether oxygens (including phenoxy) is 1. The minimum atomic E-state index is -0.535. The highest BCUT2D eigenvalue weighted by Crippen LogP contribution is 2.29. The Morgan fingerprint density at radius 3 is 2.58 bits per heavy atom. The average molecular weight is 444 g/mol. The van der Waals surface area contributed by atoms with Gasteiger partial charge in [0.05, 0.1) is 9.99 Å². The van der Waals surface area contributed by atoms with Crippen molar-refractivity contribution in [1.82, 2.24) is 14.9 Å². The minimum Gasteiger partial charge on any atom is -0.444 e. The predicted octanol–water partition coefficient (Wildman–Crippen LogP) is 3.52. The second kappa shape index (κ2) is 7.19. The number of hydrogen-bond acceptors (Lipinski definition) is 5. The number of carbonyl (C=O) groups is 1. The highest BCUT2D eigenvalue weighted by atomic mass is 79.9. The maximum Gasteiger partial charge on any atom is 0.407 e. The third-order valence-corrected chi connectivity index (χ3v) is 6.29. The number of aromatic nitrogens is 2. The number of fused-ring (bicyclic) bond motifs is 1. The van der Waals surface area contributed by atoms with Gasteiger partial charge in [0.2, 0.25) is 0 Å². The summed E-state index contributed by atoms with van der Waals surface area (Å²) in [5.74, 6) is 0. The summed E-state index contributed by atoms with van der Waals surface area (Å²) in [5, 5.41) is 4.67. The summed E-state index contributed by atoms with van der Waals surface area (Å²) in [6.45, 7) is 5.46. The molecule has 3 rings (SSSR count). The summed E-state index contributed by atoms with van der Waals surface area (Å²) in [5.41, 5.74) is -0.610. The lowest BCUT2D eigenvalue weighted by atomic mass is 9.91. The van der Waals surface area contributed by atoms with Crippen molar-refractivity contribution in [2.75, 3.05) is 0 Å². The number of nitrogens with zero attached hydrogens (tertiary/aromatic N) is 1. The summed E-state index contributed by atoms with van der Waals surface area (Å²) in [7, 11) is 0. The van der Waals surface area contributed by atoms with E-state index in [1.165, 1.54) is 15.9 Å². The van der Waals surface area contributed by atoms with Crippen LogP contribution in [-0.2, 0) is 4.74 Å². The minimum absolute atomic E-state index is 0.00417. The molecule has 26 heavy (non-hydrogen) atoms. The number of alkyl carbamates (subject to hydrolysis) is 1. The molecular formula is C17H22BrN3O4S. The fourth-order valence-corrected chi connectivity index (χ4v) is 4.79. The van der Waals surface area contributed by atoms with Gasteiger partial charge in [-0.3, -0.25) is 9.36 Å². The number of H-pyrrole nitrogens is 1. The molecule has 0 atom stereocenters. The number of rotatable bonds is 2. The summed E-state index contributed by atoms with van der Waals surface area (Å²) >= 11 is 4.66. The third-order valence-electron chi connectivity index (χ3n) is 4.39. The van der Waals surface area contributed by atoms with Crippen molar-refractivity contribution in [3.63, 3.8) is 0 Å². The Morgan fingerprint density at radius 2 is 1.96 bits per heavy atom. The van der Waals surface area contributed by atoms with Gasteiger partial charge in [-0.1, -0.05) is 0 Å². The molecule has 0 aliphatic heterocycles. The molecule has 7 nitrogen and oxygen atoms in total. The molecule has 0 bridgehead atoms. The van der Waals surface area contributed by atoms with Crippen molar-refractivity contribution in [3.05, 3.63) is 30.7 Å². The molecule has 1 saturated carbocycles. The van der Waals surface area contributed by atoms with E-state index in [2.05, 4.69) is 26.2 Å². The molecular weight excluding hydrogens is 422 g/mol. The van der Waals surface area contributed by atoms with Crippen LogP contribution in [0, 0.1) is 0 Å². The normalized spacial score (nSPS) is 20.9. The molecule has 0 unspecified atom stereocenters. The fraction of sp³-hybridized carbons (Fsp3) is 0.588. The van der Waals surface area contributed by atoms with E-state index in [-0.39, 0.29) is 23.3 Å². The van der Waals surface area contributed by atoms with E-state index in [4.69, 9.17) is 4.74 Å². The van der Waals surface area contributed by atoms with Crippen LogP contribution in [0.25, 0.3) is 10.2 Å². The van der Waals surface area contributed by atoms with Crippen molar-refractivity contribution >= 4 is 43.6 Å². The van der Waals surface area contributed by atoms with Crippen molar-refractivity contribution in [1.29, 1.82) is 0 Å². The molecule has 2 N–H and O–H groups in total. The van der Waals surface area contributed by atoms with E-state index < -0.39 is 11.7 Å². The van der Waals surface area contributed by atoms with E-state index >= 15 is 0 Å². The second-order valence-corrected chi connectivity index (χ2v) is 9.28. The molecule has 0 spiro atoms. The van der Waals surface area contributed by atoms with Crippen molar-refractivity contribution in [3.8, 4) is 0 Å². The van der Waals surface area contributed by atoms with Crippen LogP contribution >= 0.6 is 27.3 Å². The van der Waals surface area contributed by atoms with Crippen LogP contribution in [0.5, 0.6) is 0 Å². The lowest BCUT2D eigenvalue weighted by Crippen LogP contribution is -2.44. The van der Waals surface area contributed by atoms with Crippen LogP contribution < -0.4 is 16.6 Å². The first kappa shape index (κ1) is 19.2. The molecule has 0 aromatic carbocycles. The van der Waals surface area contributed by atoms with Crippen LogP contribution in [0.1, 0.15) is 52.5 Å². The molecule has 2 aromatic rings. The fourth-order valence-electron chi connectivity index (χ4n) is 3.26. The van der Waals surface area contributed by atoms with E-state index in [1.807, 2.05) is 20.8 Å². The van der Waals surface area contributed by atoms with Crippen LogP contribution in [0.2, 0.25) is 0 Å². The van der Waals surface area contributed by atoms with Gasteiger partial charge in [-0.25, -0.2) is 9.59 Å². The third kappa shape index (κ3) is 4.03. The maximum atomic E-state index is 12.7. The zero-order valence-electron chi connectivity index (χ0n) is 14.9. The molecule has 0 saturated heterocycles. The molecule has 9 heteroatoms. The van der Waals surface area contributed by atoms with Gasteiger partial charge < -0.3 is 15.0 Å². The molecule has 2 heterocycles. The van der Waals surface area contributed by atoms with E-state index in [0.717, 1.165) is 4.47 Å². The Hall–Kier alpha value is -1.61. The Balaban J connectivity index is 1.71. The first-order chi connectivity index (χ1) is 12.2. The first-order valence-corrected chi connectivity index (χ1v) is 10.2. The summed E-state index contributed by atoms with van der Waals surface area (Å²) in [6, 6.07) is -0.163. The molecule has 1 fully saturated rings. The van der Waals surface area contributed by atoms with Gasteiger partial charge in [0.1, 0.15) is 10.3 Å². The van der Waals surface area contributed by atoms with Crippen LogP contribution in [0.3, 0.4) is 0 Å². The molecule has 1 aliphatic rings. The van der Waals surface area contributed by atoms with Gasteiger partial charge in [0.15, 0.2) is 0 Å². The number of hydrogen-bond donors (Lipinski definition) is 2. The maximum absolute atomic E-state index is 12.7. The molecule has 1 amide bonds. The van der Waals surface area contributed by atoms with Gasteiger partial charge in [-0.05, 0) is 62.4 Å². The number of nitrogens with one attached hydrogen (secondary N) is 2. The number of amides is 1. The Labute approximate surface area is 162 Å². The van der Waals surface area contributed by atoms with Gasteiger partial charge in [0, 0.05) is 17.5 Å². The zero-order valence-corrected chi connectivity index (χ0v) is 17.3. The Kier molecular flexibility index (Phi) is 5.30. The average Bonchev–Trinajstić information content (AvgIpc) is 2.88. The standard InChI is InChI=1S/C17H22BrN3O4S/c1-17(2,3)25-16(24)19-9-4-6-10(7-5-9)21-14(22)13-12(20-15(21)23)11(18)8-26-13/h8-10H,4-7H2,1-3H3,(H,19,24)(H,20,23). The van der Waals surface area contributed by atoms with Gasteiger partial charge in [0.25, 0.3) is 5.56 Å². The number of thiophene rings is 1. The highest BCUT2D eigenvalue weighted by Gasteiger charge is 2.27. The quantitative estimate of drug-likeness (QED) is 0.742. The zero-order chi connectivity index (χ0) is 19.1. The van der Waals surface area contributed by atoms with E-state index in [0.29, 0.717) is 35.9 Å². The Bertz CT molecular complexity index is 932. The number of carbonyl (C=O) groups excluding carboxylic acids is 1. The second-order valence-electron chi connectivity index (χ2n) is 7.54. The Morgan fingerprint density at radius 1 is 1.31 bits per heavy atom. The van der Waals surface area contributed by atoms with Crippen LogP contribution in [0.15, 0.2) is 19.4 Å². The predicted molar refractivity (Wildman–Crippen MR) is 105 cm³/mol. The molecule has 2 aromatic heterocycles. The SMILES string of the molecule is CC(C)(C)OC(=O)NC1CCC(n2c(=O)[nH]c3c(Br)csc3c2=O)CC1. The topological polar surface area (TPSA) is 93.2 Å². The highest BCUT2D eigenvalue weighted by molar-refractivity contribution is 9.10. The summed E-state index contributed by atoms with van der Waals surface area (Å²) in [6.07, 6.45) is 2.27. The smallest absolute Gasteiger partial charge is 0.407 e. The summed E-state index contributed by atoms with van der Waals surface area (Å²) in [4.78, 5) is 39.8. The van der Waals surface area contributed by atoms with Crippen molar-refractivity contribution in [2.45, 2.75) is 64.1 Å². The van der Waals surface area contributed by atoms with Gasteiger partial charge >= 0.3 is 11.8 Å². The van der Waals surface area contributed by atoms with Gasteiger partial charge in [-0.15, -0.1) is 11.3 Å². The number of aromatic amines is 1. The molecule has 1 aliphatic carbocycles. The van der Waals surface area contributed by atoms with Crippen LogP contribution in [0.4, 0.5) is 4.79 Å². The van der Waals surface area contributed by atoms with Crippen molar-refractivity contribution in [2.24, 2.45) is 0 Å². The monoisotopic (exact) mass is 443 g/mol. The number of halogens is 1. The van der Waals surface area contributed by atoms with E-state index in [9.17, 15) is 14.4 Å². The largest absolute Gasteiger partial charge is 0.444 e.